The number of phenols is 1. The Morgan fingerprint density at radius 2 is 1.69 bits per heavy atom. The normalized spacial score (nSPS) is 17.0. The molecule has 0 atom stereocenters. The maximum absolute atomic E-state index is 10.1. The summed E-state index contributed by atoms with van der Waals surface area (Å²) in [7, 11) is 0. The summed E-state index contributed by atoms with van der Waals surface area (Å²) in [6.07, 6.45) is 8.42. The summed E-state index contributed by atoms with van der Waals surface area (Å²) >= 11 is 0. The van der Waals surface area contributed by atoms with Crippen molar-refractivity contribution in [1.82, 2.24) is 0 Å². The van der Waals surface area contributed by atoms with Crippen LogP contribution >= 0.6 is 0 Å². The molecule has 1 N–H and O–H groups in total. The quantitative estimate of drug-likeness (QED) is 0.690. The van der Waals surface area contributed by atoms with Crippen LogP contribution in [0.3, 0.4) is 0 Å². The summed E-state index contributed by atoms with van der Waals surface area (Å²) in [6.45, 7) is 8.30. The van der Waals surface area contributed by atoms with E-state index in [-0.39, 0.29) is 5.41 Å². The summed E-state index contributed by atoms with van der Waals surface area (Å²) in [5.74, 6) is 0.411. The molecule has 1 nitrogen and oxygen atoms in total. The predicted octanol–water partition coefficient (Wildman–Crippen LogP) is 4.08. The van der Waals surface area contributed by atoms with E-state index in [9.17, 15) is 5.11 Å². The average molecular weight is 214 g/mol. The first kappa shape index (κ1) is 11.0. The smallest absolute Gasteiger partial charge is 0.126 e. The van der Waals surface area contributed by atoms with Crippen LogP contribution in [0.4, 0.5) is 0 Å². The lowest BCUT2D eigenvalue weighted by atomic mass is 9.93. The second-order valence-electron chi connectivity index (χ2n) is 5.16. The van der Waals surface area contributed by atoms with Gasteiger partial charge in [-0.1, -0.05) is 44.2 Å². The average Bonchev–Trinajstić information content (AvgIpc) is 2.35. The highest BCUT2D eigenvalue weighted by Crippen LogP contribution is 2.35. The summed E-state index contributed by atoms with van der Waals surface area (Å²) in [5, 5.41) is 10.1. The van der Waals surface area contributed by atoms with E-state index in [0.29, 0.717) is 5.75 Å². The van der Waals surface area contributed by atoms with Crippen molar-refractivity contribution in [3.63, 3.8) is 0 Å². The molecular weight excluding hydrogens is 196 g/mol. The van der Waals surface area contributed by atoms with Crippen LogP contribution < -0.4 is 0 Å². The van der Waals surface area contributed by atoms with Crippen LogP contribution in [0.25, 0.3) is 12.2 Å². The van der Waals surface area contributed by atoms with E-state index in [4.69, 9.17) is 0 Å². The number of rotatable bonds is 0. The van der Waals surface area contributed by atoms with Gasteiger partial charge >= 0.3 is 0 Å². The zero-order chi connectivity index (χ0) is 11.9. The zero-order valence-electron chi connectivity index (χ0n) is 10.3. The molecule has 0 bridgehead atoms. The van der Waals surface area contributed by atoms with Gasteiger partial charge in [0.2, 0.25) is 0 Å². The molecular formula is C15H18O. The summed E-state index contributed by atoms with van der Waals surface area (Å²) in [5.41, 5.74) is 4.19. The van der Waals surface area contributed by atoms with E-state index in [0.717, 1.165) is 22.3 Å². The Bertz CT molecular complexity index is 491. The van der Waals surface area contributed by atoms with Gasteiger partial charge in [0.15, 0.2) is 0 Å². The van der Waals surface area contributed by atoms with Crippen molar-refractivity contribution in [1.29, 1.82) is 0 Å². The van der Waals surface area contributed by atoms with Crippen LogP contribution in [0.5, 0.6) is 5.75 Å². The molecule has 84 valence electrons. The molecule has 0 saturated carbocycles. The van der Waals surface area contributed by atoms with Crippen LogP contribution in [-0.4, -0.2) is 5.11 Å². The second-order valence-corrected chi connectivity index (χ2v) is 5.16. The van der Waals surface area contributed by atoms with Crippen molar-refractivity contribution < 1.29 is 5.11 Å². The Balaban J connectivity index is 2.69. The van der Waals surface area contributed by atoms with E-state index in [2.05, 4.69) is 38.1 Å². The van der Waals surface area contributed by atoms with Gasteiger partial charge in [0, 0.05) is 11.0 Å². The van der Waals surface area contributed by atoms with E-state index < -0.39 is 0 Å². The van der Waals surface area contributed by atoms with Gasteiger partial charge in [-0.2, -0.15) is 0 Å². The Morgan fingerprint density at radius 1 is 1.06 bits per heavy atom. The largest absolute Gasteiger partial charge is 0.507 e. The molecule has 2 rings (SSSR count). The Hall–Kier alpha value is -1.50. The molecule has 1 aliphatic carbocycles. The number of benzene rings is 1. The van der Waals surface area contributed by atoms with Gasteiger partial charge in [0.1, 0.15) is 5.75 Å². The SMILES string of the molecule is Cc1cc2c(c(O)c1C)C=CC(C)(C)C=C2. The molecule has 0 spiro atoms. The molecule has 0 saturated heterocycles. The van der Waals surface area contributed by atoms with Crippen LogP contribution in [0.1, 0.15) is 36.1 Å². The van der Waals surface area contributed by atoms with E-state index in [1.165, 1.54) is 0 Å². The fraction of sp³-hybridized carbons (Fsp3) is 0.333. The van der Waals surface area contributed by atoms with Crippen molar-refractivity contribution in [2.75, 3.05) is 0 Å². The van der Waals surface area contributed by atoms with Crippen LogP contribution in [0, 0.1) is 19.3 Å². The summed E-state index contributed by atoms with van der Waals surface area (Å²) in [4.78, 5) is 0. The zero-order valence-corrected chi connectivity index (χ0v) is 10.3. The molecule has 0 heterocycles. The molecule has 0 fully saturated rings. The second kappa shape index (κ2) is 3.51. The van der Waals surface area contributed by atoms with Crippen LogP contribution in [0.2, 0.25) is 0 Å². The van der Waals surface area contributed by atoms with E-state index in [1.807, 2.05) is 19.9 Å². The number of fused-ring (bicyclic) bond motifs is 1. The molecule has 0 aliphatic heterocycles. The predicted molar refractivity (Wildman–Crippen MR) is 69.4 cm³/mol. The van der Waals surface area contributed by atoms with Gasteiger partial charge in [-0.05, 0) is 30.5 Å². The summed E-state index contributed by atoms with van der Waals surface area (Å²) < 4.78 is 0. The molecule has 1 heteroatoms. The van der Waals surface area contributed by atoms with E-state index >= 15 is 0 Å². The molecule has 1 aromatic rings. The van der Waals surface area contributed by atoms with E-state index in [1.54, 1.807) is 0 Å². The minimum absolute atomic E-state index is 0.0489. The Labute approximate surface area is 97.1 Å². The van der Waals surface area contributed by atoms with Gasteiger partial charge < -0.3 is 5.11 Å². The lowest BCUT2D eigenvalue weighted by Gasteiger charge is -2.12. The number of hydrogen-bond donors (Lipinski definition) is 1. The number of aryl methyl sites for hydroxylation is 1. The van der Waals surface area contributed by atoms with Crippen LogP contribution in [-0.2, 0) is 0 Å². The van der Waals surface area contributed by atoms with Gasteiger partial charge in [0.05, 0.1) is 0 Å². The minimum atomic E-state index is 0.0489. The molecule has 16 heavy (non-hydrogen) atoms. The summed E-state index contributed by atoms with van der Waals surface area (Å²) in [6, 6.07) is 2.13. The lowest BCUT2D eigenvalue weighted by Crippen LogP contribution is -1.99. The van der Waals surface area contributed by atoms with Crippen molar-refractivity contribution in [3.05, 3.63) is 40.5 Å². The first-order valence-corrected chi connectivity index (χ1v) is 5.62. The van der Waals surface area contributed by atoms with Crippen molar-refractivity contribution in [2.24, 2.45) is 5.41 Å². The van der Waals surface area contributed by atoms with Crippen molar-refractivity contribution in [2.45, 2.75) is 27.7 Å². The van der Waals surface area contributed by atoms with Crippen molar-refractivity contribution in [3.8, 4) is 5.75 Å². The fourth-order valence-corrected chi connectivity index (χ4v) is 1.92. The monoisotopic (exact) mass is 214 g/mol. The first-order chi connectivity index (χ1) is 7.41. The lowest BCUT2D eigenvalue weighted by molar-refractivity contribution is 0.469. The highest BCUT2D eigenvalue weighted by Gasteiger charge is 2.16. The fourth-order valence-electron chi connectivity index (χ4n) is 1.92. The molecule has 0 aromatic heterocycles. The van der Waals surface area contributed by atoms with Gasteiger partial charge in [-0.3, -0.25) is 0 Å². The number of phenolic OH excluding ortho intramolecular Hbond substituents is 1. The first-order valence-electron chi connectivity index (χ1n) is 5.62. The van der Waals surface area contributed by atoms with Crippen molar-refractivity contribution >= 4 is 12.2 Å². The third-order valence-electron chi connectivity index (χ3n) is 3.26. The highest BCUT2D eigenvalue weighted by molar-refractivity contribution is 5.74. The number of hydrogen-bond acceptors (Lipinski definition) is 1. The number of aromatic hydroxyl groups is 1. The highest BCUT2D eigenvalue weighted by atomic mass is 16.3. The molecule has 0 amide bonds. The van der Waals surface area contributed by atoms with Gasteiger partial charge in [-0.25, -0.2) is 0 Å². The minimum Gasteiger partial charge on any atom is -0.507 e. The number of allylic oxidation sites excluding steroid dienone is 2. The topological polar surface area (TPSA) is 20.2 Å². The maximum Gasteiger partial charge on any atom is 0.126 e. The van der Waals surface area contributed by atoms with Gasteiger partial charge in [-0.15, -0.1) is 0 Å². The Morgan fingerprint density at radius 3 is 2.38 bits per heavy atom. The molecule has 1 aromatic carbocycles. The molecule has 0 radical (unpaired) electrons. The van der Waals surface area contributed by atoms with Crippen LogP contribution in [0.15, 0.2) is 18.2 Å². The Kier molecular flexibility index (Phi) is 2.42. The standard InChI is InChI=1S/C15H18O/c1-10-9-12-5-7-15(3,4)8-6-13(12)14(16)11(10)2/h5-9,16H,1-4H3. The molecule has 0 unspecified atom stereocenters. The molecule has 1 aliphatic rings. The third-order valence-corrected chi connectivity index (χ3v) is 3.26. The maximum atomic E-state index is 10.1. The van der Waals surface area contributed by atoms with Gasteiger partial charge in [0.25, 0.3) is 0 Å². The third kappa shape index (κ3) is 1.78.